The lowest BCUT2D eigenvalue weighted by Gasteiger charge is -1.69. The Morgan fingerprint density at radius 2 is 1.53 bits per heavy atom. The molecule has 0 bridgehead atoms. The first-order chi connectivity index (χ1) is 7.26. The molecule has 15 heavy (non-hydrogen) atoms. The Bertz CT molecular complexity index is 293. The summed E-state index contributed by atoms with van der Waals surface area (Å²) in [5.74, 6) is 0. The quantitative estimate of drug-likeness (QED) is 0.630. The first-order valence-corrected chi connectivity index (χ1v) is 5.62. The molecule has 1 N–H and O–H groups in total. The molecule has 1 heteroatoms. The SMILES string of the molecule is C=CC.C=c1cc[nH]/c1=C/C.CC.CC. The first kappa shape index (κ1) is 19.4. The lowest BCUT2D eigenvalue weighted by Crippen LogP contribution is -2.19. The fraction of sp³-hybridized carbons (Fsp3) is 0.429. The summed E-state index contributed by atoms with van der Waals surface area (Å²) in [6.45, 7) is 19.0. The zero-order valence-corrected chi connectivity index (χ0v) is 11.2. The molecule has 1 rings (SSSR count). The van der Waals surface area contributed by atoms with E-state index in [0.29, 0.717) is 0 Å². The van der Waals surface area contributed by atoms with Crippen molar-refractivity contribution in [2.75, 3.05) is 0 Å². The monoisotopic (exact) mass is 209 g/mol. The molecule has 0 fully saturated rings. The van der Waals surface area contributed by atoms with Gasteiger partial charge in [-0.2, -0.15) is 0 Å². The average Bonchev–Trinajstić information content (AvgIpc) is 2.71. The smallest absolute Gasteiger partial charge is 0.0404 e. The van der Waals surface area contributed by atoms with E-state index in [1.165, 1.54) is 0 Å². The van der Waals surface area contributed by atoms with Crippen LogP contribution in [0.2, 0.25) is 0 Å². The summed E-state index contributed by atoms with van der Waals surface area (Å²) in [5.41, 5.74) is 0. The van der Waals surface area contributed by atoms with Crippen molar-refractivity contribution in [2.24, 2.45) is 0 Å². The van der Waals surface area contributed by atoms with Gasteiger partial charge in [0.25, 0.3) is 0 Å². The Kier molecular flexibility index (Phi) is 23.9. The van der Waals surface area contributed by atoms with Crippen LogP contribution in [0.5, 0.6) is 0 Å². The van der Waals surface area contributed by atoms with Gasteiger partial charge >= 0.3 is 0 Å². The fourth-order valence-electron chi connectivity index (χ4n) is 0.683. The van der Waals surface area contributed by atoms with Crippen molar-refractivity contribution in [1.82, 2.24) is 4.98 Å². The summed E-state index contributed by atoms with van der Waals surface area (Å²) in [6.07, 6.45) is 5.64. The second-order valence-corrected chi connectivity index (χ2v) is 2.11. The zero-order chi connectivity index (χ0) is 12.7. The van der Waals surface area contributed by atoms with Crippen LogP contribution in [-0.2, 0) is 0 Å². The van der Waals surface area contributed by atoms with Crippen LogP contribution in [0.25, 0.3) is 12.7 Å². The van der Waals surface area contributed by atoms with Gasteiger partial charge in [0.05, 0.1) is 0 Å². The van der Waals surface area contributed by atoms with Crippen LogP contribution in [0, 0.1) is 0 Å². The summed E-state index contributed by atoms with van der Waals surface area (Å²) >= 11 is 0. The van der Waals surface area contributed by atoms with Crippen molar-refractivity contribution in [2.45, 2.75) is 41.5 Å². The van der Waals surface area contributed by atoms with Crippen molar-refractivity contribution in [3.05, 3.63) is 35.5 Å². The number of H-pyrrole nitrogens is 1. The number of aromatic amines is 1. The third-order valence-electron chi connectivity index (χ3n) is 1.16. The van der Waals surface area contributed by atoms with Gasteiger partial charge < -0.3 is 4.98 Å². The van der Waals surface area contributed by atoms with Gasteiger partial charge in [-0.05, 0) is 25.1 Å². The fourth-order valence-corrected chi connectivity index (χ4v) is 0.683. The molecule has 0 amide bonds. The maximum Gasteiger partial charge on any atom is 0.0404 e. The molecular formula is C14H27N. The van der Waals surface area contributed by atoms with Crippen LogP contribution in [0.4, 0.5) is 0 Å². The van der Waals surface area contributed by atoms with Crippen molar-refractivity contribution in [3.63, 3.8) is 0 Å². The lowest BCUT2D eigenvalue weighted by molar-refractivity contribution is 1.31. The van der Waals surface area contributed by atoms with Gasteiger partial charge in [-0.15, -0.1) is 6.58 Å². The van der Waals surface area contributed by atoms with E-state index in [1.54, 1.807) is 6.08 Å². The minimum absolute atomic E-state index is 1.06. The third kappa shape index (κ3) is 12.8. The summed E-state index contributed by atoms with van der Waals surface area (Å²) in [4.78, 5) is 3.04. The van der Waals surface area contributed by atoms with Crippen molar-refractivity contribution >= 4 is 12.7 Å². The van der Waals surface area contributed by atoms with Gasteiger partial charge in [0.15, 0.2) is 0 Å². The van der Waals surface area contributed by atoms with E-state index in [9.17, 15) is 0 Å². The van der Waals surface area contributed by atoms with Crippen LogP contribution < -0.4 is 10.6 Å². The molecule has 0 aliphatic rings. The van der Waals surface area contributed by atoms with Crippen molar-refractivity contribution in [3.8, 4) is 0 Å². The van der Waals surface area contributed by atoms with Crippen molar-refractivity contribution < 1.29 is 0 Å². The number of aromatic nitrogens is 1. The summed E-state index contributed by atoms with van der Waals surface area (Å²) in [6, 6.07) is 1.95. The zero-order valence-electron chi connectivity index (χ0n) is 11.2. The Morgan fingerprint density at radius 1 is 1.13 bits per heavy atom. The molecule has 0 radical (unpaired) electrons. The van der Waals surface area contributed by atoms with E-state index < -0.39 is 0 Å². The molecule has 0 aliphatic heterocycles. The molecule has 0 saturated heterocycles. The molecule has 0 spiro atoms. The largest absolute Gasteiger partial charge is 0.361 e. The van der Waals surface area contributed by atoms with E-state index in [0.717, 1.165) is 10.6 Å². The second kappa shape index (κ2) is 18.5. The minimum Gasteiger partial charge on any atom is -0.361 e. The van der Waals surface area contributed by atoms with E-state index in [4.69, 9.17) is 0 Å². The highest BCUT2D eigenvalue weighted by Gasteiger charge is 1.75. The molecule has 0 saturated carbocycles. The van der Waals surface area contributed by atoms with Gasteiger partial charge in [0, 0.05) is 11.5 Å². The predicted octanol–water partition coefficient (Wildman–Crippen LogP) is 3.47. The van der Waals surface area contributed by atoms with Crippen LogP contribution in [0.15, 0.2) is 24.9 Å². The summed E-state index contributed by atoms with van der Waals surface area (Å²) < 4.78 is 0. The highest BCUT2D eigenvalue weighted by Crippen LogP contribution is 1.58. The summed E-state index contributed by atoms with van der Waals surface area (Å²) in [5, 5.41) is 2.18. The molecule has 1 nitrogen and oxygen atoms in total. The van der Waals surface area contributed by atoms with E-state index in [2.05, 4.69) is 18.1 Å². The topological polar surface area (TPSA) is 15.8 Å². The Balaban J connectivity index is -0.000000176. The van der Waals surface area contributed by atoms with Crippen molar-refractivity contribution in [1.29, 1.82) is 0 Å². The molecule has 1 aromatic rings. The maximum atomic E-state index is 3.79. The maximum absolute atomic E-state index is 3.79. The van der Waals surface area contributed by atoms with Crippen LogP contribution in [0.3, 0.4) is 0 Å². The van der Waals surface area contributed by atoms with Crippen LogP contribution in [0.1, 0.15) is 41.5 Å². The normalized spacial score (nSPS) is 8.27. The highest BCUT2D eigenvalue weighted by molar-refractivity contribution is 5.18. The lowest BCUT2D eigenvalue weighted by atomic mass is 10.4. The van der Waals surface area contributed by atoms with Crippen LogP contribution >= 0.6 is 0 Å². The molecule has 1 aromatic heterocycles. The second-order valence-electron chi connectivity index (χ2n) is 2.11. The molecule has 0 unspecified atom stereocenters. The number of hydrogen-bond donors (Lipinski definition) is 1. The Hall–Kier alpha value is -1.24. The van der Waals surface area contributed by atoms with Gasteiger partial charge in [-0.1, -0.05) is 46.4 Å². The molecule has 1 heterocycles. The molecule has 88 valence electrons. The summed E-state index contributed by atoms with van der Waals surface area (Å²) in [7, 11) is 0. The minimum atomic E-state index is 1.06. The Morgan fingerprint density at radius 3 is 1.67 bits per heavy atom. The Labute approximate surface area is 95.2 Å². The van der Waals surface area contributed by atoms with Gasteiger partial charge in [0.1, 0.15) is 0 Å². The van der Waals surface area contributed by atoms with Gasteiger partial charge in [-0.3, -0.25) is 0 Å². The first-order valence-electron chi connectivity index (χ1n) is 5.62. The van der Waals surface area contributed by atoms with Gasteiger partial charge in [0.2, 0.25) is 0 Å². The number of nitrogens with one attached hydrogen (secondary N) is 1. The predicted molar refractivity (Wildman–Crippen MR) is 74.3 cm³/mol. The highest BCUT2D eigenvalue weighted by atomic mass is 14.6. The standard InChI is InChI=1S/C7H9N.C3H6.2C2H6/c1-3-7-6(2)4-5-8-7;1-3-2;2*1-2/h3-5,8H,2H2,1H3;3H,1H2,2H3;2*1-2H3/b7-3+;;;. The van der Waals surface area contributed by atoms with Crippen LogP contribution in [-0.4, -0.2) is 4.98 Å². The molecule has 0 aliphatic carbocycles. The molecule has 0 atom stereocenters. The number of hydrogen-bond acceptors (Lipinski definition) is 0. The number of allylic oxidation sites excluding steroid dienone is 1. The average molecular weight is 209 g/mol. The molecule has 0 aromatic carbocycles. The van der Waals surface area contributed by atoms with E-state index in [-0.39, 0.29) is 0 Å². The van der Waals surface area contributed by atoms with E-state index in [1.807, 2.05) is 59.9 Å². The van der Waals surface area contributed by atoms with Gasteiger partial charge in [-0.25, -0.2) is 0 Å². The molecular weight excluding hydrogens is 182 g/mol. The third-order valence-corrected chi connectivity index (χ3v) is 1.16. The number of rotatable bonds is 0. The van der Waals surface area contributed by atoms with E-state index >= 15 is 0 Å².